The third kappa shape index (κ3) is 9.54. The molecule has 2 aromatic carbocycles. The molecule has 2 saturated heterocycles. The van der Waals surface area contributed by atoms with Crippen molar-refractivity contribution in [3.05, 3.63) is 71.8 Å². The van der Waals surface area contributed by atoms with Crippen LogP contribution in [0.5, 0.6) is 0 Å². The van der Waals surface area contributed by atoms with Crippen molar-refractivity contribution in [2.75, 3.05) is 27.3 Å². The molecular formula is C30H38N4O10. The summed E-state index contributed by atoms with van der Waals surface area (Å²) in [5.41, 5.74) is 7.76. The number of hydrogen-bond donors (Lipinski definition) is 2. The molecule has 0 radical (unpaired) electrons. The number of ether oxygens (including phenoxy) is 2. The molecule has 2 aromatic rings. The van der Waals surface area contributed by atoms with Gasteiger partial charge >= 0.3 is 23.9 Å². The van der Waals surface area contributed by atoms with E-state index in [1.54, 1.807) is 0 Å². The highest BCUT2D eigenvalue weighted by Crippen LogP contribution is 2.22. The number of nitrogens with one attached hydrogen (secondary N) is 2. The predicted octanol–water partition coefficient (Wildman–Crippen LogP) is 1.36. The van der Waals surface area contributed by atoms with Crippen molar-refractivity contribution < 1.29 is 48.0 Å². The van der Waals surface area contributed by atoms with Gasteiger partial charge in [0.2, 0.25) is 0 Å². The second-order valence-electron chi connectivity index (χ2n) is 10.4. The number of piperidine rings is 2. The molecule has 2 heterocycles. The van der Waals surface area contributed by atoms with Gasteiger partial charge in [0.1, 0.15) is 12.1 Å². The number of benzene rings is 2. The minimum atomic E-state index is -1.37. The summed E-state index contributed by atoms with van der Waals surface area (Å²) in [6.07, 6.45) is 1.58. The molecule has 0 amide bonds. The quantitative estimate of drug-likeness (QED) is 0.201. The van der Waals surface area contributed by atoms with Gasteiger partial charge in [0.15, 0.2) is 0 Å². The van der Waals surface area contributed by atoms with Crippen LogP contribution in [0.2, 0.25) is 0 Å². The monoisotopic (exact) mass is 614 g/mol. The fourth-order valence-corrected chi connectivity index (χ4v) is 4.94. The van der Waals surface area contributed by atoms with E-state index in [4.69, 9.17) is 28.8 Å². The molecule has 2 N–H and O–H groups in total. The van der Waals surface area contributed by atoms with Gasteiger partial charge in [-0.05, 0) is 36.8 Å². The summed E-state index contributed by atoms with van der Waals surface area (Å²) in [4.78, 5) is 72.4. The number of rotatable bonds is 12. The summed E-state index contributed by atoms with van der Waals surface area (Å²) in [7, 11) is 2.45. The highest BCUT2D eigenvalue weighted by molar-refractivity contribution is 6.29. The smallest absolute Gasteiger partial charge is 0.438 e. The maximum Gasteiger partial charge on any atom is 0.438 e. The van der Waals surface area contributed by atoms with Crippen molar-refractivity contribution >= 4 is 23.9 Å². The maximum atomic E-state index is 12.9. The van der Waals surface area contributed by atoms with E-state index in [9.17, 15) is 19.2 Å². The van der Waals surface area contributed by atoms with Gasteiger partial charge in [-0.3, -0.25) is 19.3 Å². The Bertz CT molecular complexity index is 1140. The van der Waals surface area contributed by atoms with Crippen LogP contribution in [0.15, 0.2) is 60.7 Å². The van der Waals surface area contributed by atoms with Gasteiger partial charge in [0.05, 0.1) is 40.5 Å². The second-order valence-corrected chi connectivity index (χ2v) is 10.4. The minimum absolute atomic E-state index is 0.0345. The van der Waals surface area contributed by atoms with E-state index in [-0.39, 0.29) is 38.0 Å². The zero-order valence-corrected chi connectivity index (χ0v) is 24.7. The molecule has 2 aliphatic heterocycles. The maximum absolute atomic E-state index is 12.9. The van der Waals surface area contributed by atoms with Crippen LogP contribution >= 0.6 is 0 Å². The summed E-state index contributed by atoms with van der Waals surface area (Å²) in [6.45, 7) is 0.669. The summed E-state index contributed by atoms with van der Waals surface area (Å²) < 4.78 is 9.73. The lowest BCUT2D eigenvalue weighted by Gasteiger charge is -2.37. The fraction of sp³-hybridized carbons (Fsp3) is 0.467. The lowest BCUT2D eigenvalue weighted by molar-refractivity contribution is -0.241. The summed E-state index contributed by atoms with van der Waals surface area (Å²) >= 11 is 0. The highest BCUT2D eigenvalue weighted by atomic mass is 16.8. The van der Waals surface area contributed by atoms with E-state index < -0.39 is 36.0 Å². The third-order valence-corrected chi connectivity index (χ3v) is 7.25. The van der Waals surface area contributed by atoms with Crippen LogP contribution in [-0.4, -0.2) is 85.5 Å². The molecule has 238 valence electrons. The number of nitrogens with zero attached hydrogens (tertiary/aromatic N) is 2. The summed E-state index contributed by atoms with van der Waals surface area (Å²) in [5, 5.41) is 2.16. The molecule has 2 fully saturated rings. The zero-order valence-electron chi connectivity index (χ0n) is 24.7. The number of methoxy groups -OCH3 is 2. The van der Waals surface area contributed by atoms with Crippen molar-refractivity contribution in [1.29, 1.82) is 0 Å². The zero-order chi connectivity index (χ0) is 31.3. The normalized spacial score (nSPS) is 22.5. The molecular weight excluding hydrogens is 576 g/mol. The summed E-state index contributed by atoms with van der Waals surface area (Å²) in [5.74, 6) is -3.99. The van der Waals surface area contributed by atoms with Crippen LogP contribution in [0.1, 0.15) is 36.8 Å². The van der Waals surface area contributed by atoms with Crippen LogP contribution < -0.4 is 11.0 Å². The lowest BCUT2D eigenvalue weighted by atomic mass is 10.0. The number of carbonyl (C=O) groups excluding carboxylic acids is 4. The Morgan fingerprint density at radius 3 is 1.39 bits per heavy atom. The van der Waals surface area contributed by atoms with Crippen molar-refractivity contribution in [2.24, 2.45) is 0 Å². The largest absolute Gasteiger partial charge is 0.468 e. The van der Waals surface area contributed by atoms with Gasteiger partial charge in [-0.25, -0.2) is 9.59 Å². The molecule has 44 heavy (non-hydrogen) atoms. The first-order valence-electron chi connectivity index (χ1n) is 14.3. The Labute approximate surface area is 255 Å². The third-order valence-electron chi connectivity index (χ3n) is 7.25. The van der Waals surface area contributed by atoms with E-state index in [1.165, 1.54) is 14.2 Å². The number of esters is 2. The highest BCUT2D eigenvalue weighted by Gasteiger charge is 2.41. The molecule has 0 saturated carbocycles. The van der Waals surface area contributed by atoms with Gasteiger partial charge in [-0.15, -0.1) is 10.1 Å². The van der Waals surface area contributed by atoms with Gasteiger partial charge in [0.25, 0.3) is 0 Å². The van der Waals surface area contributed by atoms with Crippen LogP contribution in [0.3, 0.4) is 0 Å². The standard InChI is InChI=1S/C30H38N4O10/c1-39-27(35)25-15-13-23(31-41-19-21-9-5-3-6-10-21)17-33(25)43-29(37)30(38)44-34-18-24(14-16-26(34)28(36)40-2)32-42-20-22-11-7-4-8-12-22/h3-12,23-26,31-32H,13-20H2,1-2H3/t23-,24-,25+,26+/m1/s1. The molecule has 0 aromatic heterocycles. The van der Waals surface area contributed by atoms with E-state index >= 15 is 0 Å². The van der Waals surface area contributed by atoms with Crippen LogP contribution in [0.25, 0.3) is 0 Å². The average Bonchev–Trinajstić information content (AvgIpc) is 3.05. The van der Waals surface area contributed by atoms with E-state index in [1.807, 2.05) is 60.7 Å². The first-order valence-corrected chi connectivity index (χ1v) is 14.3. The van der Waals surface area contributed by atoms with Crippen LogP contribution in [0.4, 0.5) is 0 Å². The molecule has 4 atom stereocenters. The Morgan fingerprint density at radius 2 is 1.02 bits per heavy atom. The Balaban J connectivity index is 1.32. The van der Waals surface area contributed by atoms with Crippen molar-refractivity contribution in [1.82, 2.24) is 21.1 Å². The minimum Gasteiger partial charge on any atom is -0.468 e. The Kier molecular flexibility index (Phi) is 12.6. The van der Waals surface area contributed by atoms with Gasteiger partial charge < -0.3 is 19.1 Å². The molecule has 0 aliphatic carbocycles. The number of hydroxylamine groups is 6. The second kappa shape index (κ2) is 16.8. The molecule has 0 bridgehead atoms. The molecule has 4 rings (SSSR count). The van der Waals surface area contributed by atoms with Crippen molar-refractivity contribution in [3.8, 4) is 0 Å². The van der Waals surface area contributed by atoms with Crippen molar-refractivity contribution in [2.45, 2.75) is 63.1 Å². The first-order chi connectivity index (χ1) is 21.4. The van der Waals surface area contributed by atoms with Gasteiger partial charge in [-0.1, -0.05) is 60.7 Å². The van der Waals surface area contributed by atoms with E-state index in [0.29, 0.717) is 26.1 Å². The SMILES string of the molecule is COC(=O)[C@@H]1CC[C@@H](NOCc2ccccc2)CN1OC(=O)C(=O)ON1C[C@H](NOCc2ccccc2)CC[C@H]1C(=O)OC. The lowest BCUT2D eigenvalue weighted by Crippen LogP contribution is -2.56. The molecule has 0 spiro atoms. The summed E-state index contributed by atoms with van der Waals surface area (Å²) in [6, 6.07) is 16.5. The van der Waals surface area contributed by atoms with E-state index in [0.717, 1.165) is 21.3 Å². The van der Waals surface area contributed by atoms with Gasteiger partial charge in [-0.2, -0.15) is 11.0 Å². The first kappa shape index (κ1) is 33.0. The molecule has 14 heteroatoms. The van der Waals surface area contributed by atoms with Crippen LogP contribution in [-0.2, 0) is 61.2 Å². The average molecular weight is 615 g/mol. The molecule has 0 unspecified atom stereocenters. The number of carbonyl (C=O) groups is 4. The fourth-order valence-electron chi connectivity index (χ4n) is 4.94. The molecule has 14 nitrogen and oxygen atoms in total. The Morgan fingerprint density at radius 1 is 0.636 bits per heavy atom. The van der Waals surface area contributed by atoms with Crippen molar-refractivity contribution in [3.63, 3.8) is 0 Å². The van der Waals surface area contributed by atoms with Crippen LogP contribution in [0, 0.1) is 0 Å². The predicted molar refractivity (Wildman–Crippen MR) is 152 cm³/mol. The van der Waals surface area contributed by atoms with E-state index in [2.05, 4.69) is 11.0 Å². The topological polar surface area (TPSA) is 154 Å². The van der Waals surface area contributed by atoms with Gasteiger partial charge in [0, 0.05) is 12.1 Å². The Hall–Kier alpha value is -3.92. The molecule has 2 aliphatic rings. The number of hydrogen-bond acceptors (Lipinski definition) is 14.